The van der Waals surface area contributed by atoms with Crippen LogP contribution in [-0.4, -0.2) is 55.9 Å². The average Bonchev–Trinajstić information content (AvgIpc) is 3.28. The summed E-state index contributed by atoms with van der Waals surface area (Å²) in [6.45, 7) is 5.38. The molecule has 28 heavy (non-hydrogen) atoms. The van der Waals surface area contributed by atoms with E-state index in [0.717, 1.165) is 60.5 Å². The third-order valence-corrected chi connectivity index (χ3v) is 4.91. The first-order valence-electron chi connectivity index (χ1n) is 9.34. The number of para-hydroxylation sites is 2. The van der Waals surface area contributed by atoms with Crippen molar-refractivity contribution < 1.29 is 0 Å². The molecule has 0 atom stereocenters. The normalized spacial score (nSPS) is 14.6. The van der Waals surface area contributed by atoms with Crippen molar-refractivity contribution in [2.45, 2.75) is 6.92 Å². The minimum Gasteiger partial charge on any atom is -0.353 e. The molecular weight excluding hydrogens is 352 g/mol. The minimum atomic E-state index is 0.742. The molecule has 0 unspecified atom stereocenters. The van der Waals surface area contributed by atoms with Crippen LogP contribution in [0.5, 0.6) is 0 Å². The van der Waals surface area contributed by atoms with Crippen LogP contribution in [0.2, 0.25) is 0 Å². The number of anilines is 2. The molecule has 1 aliphatic heterocycles. The first-order chi connectivity index (χ1) is 13.8. The Morgan fingerprint density at radius 3 is 2.25 bits per heavy atom. The van der Waals surface area contributed by atoms with E-state index in [-0.39, 0.29) is 0 Å². The molecule has 140 valence electrons. The predicted molar refractivity (Wildman–Crippen MR) is 108 cm³/mol. The molecule has 1 saturated heterocycles. The van der Waals surface area contributed by atoms with Crippen molar-refractivity contribution in [3.63, 3.8) is 0 Å². The lowest BCUT2D eigenvalue weighted by molar-refractivity contribution is 0.639. The summed E-state index contributed by atoms with van der Waals surface area (Å²) in [7, 11) is 0. The van der Waals surface area contributed by atoms with Crippen molar-refractivity contribution in [3.05, 3.63) is 60.8 Å². The summed E-state index contributed by atoms with van der Waals surface area (Å²) in [5, 5.41) is 4.27. The van der Waals surface area contributed by atoms with Gasteiger partial charge in [-0.2, -0.15) is 5.10 Å². The molecule has 0 spiro atoms. The van der Waals surface area contributed by atoms with Gasteiger partial charge in [-0.15, -0.1) is 0 Å². The van der Waals surface area contributed by atoms with Crippen LogP contribution in [0, 0.1) is 6.92 Å². The first-order valence-corrected chi connectivity index (χ1v) is 9.34. The maximum atomic E-state index is 4.77. The Kier molecular flexibility index (Phi) is 4.08. The van der Waals surface area contributed by atoms with E-state index in [0.29, 0.717) is 0 Å². The number of nitrogens with zero attached hydrogens (tertiary/aromatic N) is 8. The second-order valence-corrected chi connectivity index (χ2v) is 6.77. The number of aryl methyl sites for hydroxylation is 1. The van der Waals surface area contributed by atoms with E-state index in [2.05, 4.69) is 29.9 Å². The Morgan fingerprint density at radius 1 is 0.786 bits per heavy atom. The minimum absolute atomic E-state index is 0.742. The van der Waals surface area contributed by atoms with E-state index in [1.165, 1.54) is 0 Å². The van der Waals surface area contributed by atoms with Gasteiger partial charge < -0.3 is 9.80 Å². The molecule has 1 fully saturated rings. The van der Waals surface area contributed by atoms with Gasteiger partial charge in [0.15, 0.2) is 5.82 Å². The standard InChI is InChI=1S/C20H20N8/c1-15-23-18(13-19(24-15)28-8-4-7-22-28)26-9-11-27(12-10-26)20-14-21-16-5-2-3-6-17(16)25-20/h2-8,13-14H,9-12H2,1H3. The van der Waals surface area contributed by atoms with Crippen molar-refractivity contribution in [1.29, 1.82) is 0 Å². The topological polar surface area (TPSA) is 75.9 Å². The van der Waals surface area contributed by atoms with E-state index >= 15 is 0 Å². The predicted octanol–water partition coefficient (Wildman–Crippen LogP) is 2.24. The highest BCUT2D eigenvalue weighted by Crippen LogP contribution is 2.20. The van der Waals surface area contributed by atoms with Gasteiger partial charge in [-0.1, -0.05) is 12.1 Å². The average molecular weight is 372 g/mol. The monoisotopic (exact) mass is 372 g/mol. The molecule has 1 aliphatic rings. The SMILES string of the molecule is Cc1nc(N2CCN(c3cnc4ccccc4n3)CC2)cc(-n2cccn2)n1. The van der Waals surface area contributed by atoms with Crippen LogP contribution < -0.4 is 9.80 Å². The van der Waals surface area contributed by atoms with Crippen LogP contribution in [0.15, 0.2) is 55.0 Å². The van der Waals surface area contributed by atoms with Gasteiger partial charge in [0, 0.05) is 44.6 Å². The molecule has 8 heteroatoms. The second-order valence-electron chi connectivity index (χ2n) is 6.77. The van der Waals surface area contributed by atoms with E-state index in [4.69, 9.17) is 4.98 Å². The second kappa shape index (κ2) is 6.88. The lowest BCUT2D eigenvalue weighted by atomic mass is 10.3. The van der Waals surface area contributed by atoms with Crippen LogP contribution in [0.25, 0.3) is 16.9 Å². The zero-order valence-corrected chi connectivity index (χ0v) is 15.6. The fourth-order valence-electron chi connectivity index (χ4n) is 3.48. The van der Waals surface area contributed by atoms with E-state index in [1.807, 2.05) is 55.7 Å². The smallest absolute Gasteiger partial charge is 0.159 e. The van der Waals surface area contributed by atoms with Crippen LogP contribution in [0.1, 0.15) is 5.82 Å². The summed E-state index contributed by atoms with van der Waals surface area (Å²) < 4.78 is 1.76. The van der Waals surface area contributed by atoms with Crippen LogP contribution in [0.3, 0.4) is 0 Å². The molecule has 0 saturated carbocycles. The number of rotatable bonds is 3. The summed E-state index contributed by atoms with van der Waals surface area (Å²) in [4.78, 5) is 23.0. The Hall–Kier alpha value is -3.55. The Balaban J connectivity index is 1.34. The Bertz CT molecular complexity index is 1100. The van der Waals surface area contributed by atoms with Gasteiger partial charge in [-0.3, -0.25) is 4.98 Å². The largest absolute Gasteiger partial charge is 0.353 e. The first kappa shape index (κ1) is 16.6. The summed E-state index contributed by atoms with van der Waals surface area (Å²) in [5.41, 5.74) is 1.85. The molecule has 4 aromatic rings. The summed E-state index contributed by atoms with van der Waals surface area (Å²) >= 11 is 0. The number of piperazine rings is 1. The molecule has 3 aromatic heterocycles. The summed E-state index contributed by atoms with van der Waals surface area (Å²) in [5.74, 6) is 3.39. The summed E-state index contributed by atoms with van der Waals surface area (Å²) in [6, 6.07) is 11.8. The fourth-order valence-corrected chi connectivity index (χ4v) is 3.48. The highest BCUT2D eigenvalue weighted by Gasteiger charge is 2.20. The van der Waals surface area contributed by atoms with Crippen LogP contribution in [0.4, 0.5) is 11.6 Å². The molecule has 0 N–H and O–H groups in total. The van der Waals surface area contributed by atoms with Crippen molar-refractivity contribution in [3.8, 4) is 5.82 Å². The summed E-state index contributed by atoms with van der Waals surface area (Å²) in [6.07, 6.45) is 5.50. The maximum absolute atomic E-state index is 4.77. The highest BCUT2D eigenvalue weighted by molar-refractivity contribution is 5.75. The molecule has 1 aromatic carbocycles. The number of fused-ring (bicyclic) bond motifs is 1. The third kappa shape index (κ3) is 3.13. The number of benzene rings is 1. The maximum Gasteiger partial charge on any atom is 0.159 e. The lowest BCUT2D eigenvalue weighted by Gasteiger charge is -2.36. The van der Waals surface area contributed by atoms with Gasteiger partial charge in [-0.25, -0.2) is 19.6 Å². The lowest BCUT2D eigenvalue weighted by Crippen LogP contribution is -2.47. The number of hydrogen-bond donors (Lipinski definition) is 0. The van der Waals surface area contributed by atoms with Gasteiger partial charge in [0.25, 0.3) is 0 Å². The Morgan fingerprint density at radius 2 is 1.50 bits per heavy atom. The van der Waals surface area contributed by atoms with Crippen molar-refractivity contribution in [2.24, 2.45) is 0 Å². The molecule has 0 amide bonds. The molecule has 5 rings (SSSR count). The molecule has 0 aliphatic carbocycles. The Labute approximate surface area is 162 Å². The molecular formula is C20H20N8. The van der Waals surface area contributed by atoms with Crippen molar-refractivity contribution in [2.75, 3.05) is 36.0 Å². The fraction of sp³-hybridized carbons (Fsp3) is 0.250. The van der Waals surface area contributed by atoms with E-state index < -0.39 is 0 Å². The molecule has 8 nitrogen and oxygen atoms in total. The highest BCUT2D eigenvalue weighted by atomic mass is 15.3. The third-order valence-electron chi connectivity index (χ3n) is 4.91. The quantitative estimate of drug-likeness (QED) is 0.546. The van der Waals surface area contributed by atoms with Gasteiger partial charge in [0.1, 0.15) is 17.5 Å². The molecule has 0 bridgehead atoms. The van der Waals surface area contributed by atoms with Crippen molar-refractivity contribution in [1.82, 2.24) is 29.7 Å². The van der Waals surface area contributed by atoms with E-state index in [9.17, 15) is 0 Å². The van der Waals surface area contributed by atoms with Gasteiger partial charge >= 0.3 is 0 Å². The molecule has 0 radical (unpaired) electrons. The van der Waals surface area contributed by atoms with Gasteiger partial charge in [0.2, 0.25) is 0 Å². The van der Waals surface area contributed by atoms with Crippen molar-refractivity contribution >= 4 is 22.7 Å². The van der Waals surface area contributed by atoms with Gasteiger partial charge in [-0.05, 0) is 25.1 Å². The van der Waals surface area contributed by atoms with Gasteiger partial charge in [0.05, 0.1) is 17.2 Å². The molecule has 4 heterocycles. The van der Waals surface area contributed by atoms with Crippen LogP contribution >= 0.6 is 0 Å². The van der Waals surface area contributed by atoms with Crippen LogP contribution in [-0.2, 0) is 0 Å². The number of hydrogen-bond acceptors (Lipinski definition) is 7. The van der Waals surface area contributed by atoms with E-state index in [1.54, 1.807) is 10.9 Å². The number of aromatic nitrogens is 6. The zero-order valence-electron chi connectivity index (χ0n) is 15.6. The zero-order chi connectivity index (χ0) is 18.9.